The van der Waals surface area contributed by atoms with Crippen molar-refractivity contribution in [2.45, 2.75) is 39.3 Å². The number of nitro benzene ring substituents is 1. The molecule has 1 N–H and O–H groups in total. The van der Waals surface area contributed by atoms with E-state index < -0.39 is 22.8 Å². The predicted molar refractivity (Wildman–Crippen MR) is 107 cm³/mol. The summed E-state index contributed by atoms with van der Waals surface area (Å²) in [6.45, 7) is 5.08. The van der Waals surface area contributed by atoms with E-state index in [0.717, 1.165) is 0 Å². The Balaban J connectivity index is 2.28. The average Bonchev–Trinajstić information content (AvgIpc) is 2.67. The summed E-state index contributed by atoms with van der Waals surface area (Å²) in [5.74, 6) is -0.347. The second-order valence-electron chi connectivity index (χ2n) is 6.80. The number of carbonyl (C=O) groups is 2. The van der Waals surface area contributed by atoms with Crippen LogP contribution in [0.25, 0.3) is 0 Å². The van der Waals surface area contributed by atoms with Gasteiger partial charge in [-0.05, 0) is 44.5 Å². The first-order valence-electron chi connectivity index (χ1n) is 9.10. The normalized spacial score (nSPS) is 11.6. The summed E-state index contributed by atoms with van der Waals surface area (Å²) in [5.41, 5.74) is 1.14. The predicted octanol–water partition coefficient (Wildman–Crippen LogP) is 3.72. The first kappa shape index (κ1) is 21.9. The summed E-state index contributed by atoms with van der Waals surface area (Å²) in [6.07, 6.45) is -0.362. The molecule has 0 aliphatic heterocycles. The zero-order chi connectivity index (χ0) is 21.6. The number of hydrogen-bond acceptors (Lipinski definition) is 6. The van der Waals surface area contributed by atoms with Crippen LogP contribution in [0.2, 0.25) is 0 Å². The maximum Gasteiger partial charge on any atom is 0.308 e. The van der Waals surface area contributed by atoms with Crippen LogP contribution >= 0.6 is 0 Å². The quantitative estimate of drug-likeness (QED) is 0.411. The van der Waals surface area contributed by atoms with Crippen LogP contribution < -0.4 is 10.1 Å². The second kappa shape index (κ2) is 9.68. The highest BCUT2D eigenvalue weighted by Crippen LogP contribution is 2.23. The van der Waals surface area contributed by atoms with E-state index in [1.54, 1.807) is 52.1 Å². The van der Waals surface area contributed by atoms with Crippen molar-refractivity contribution >= 4 is 17.6 Å². The van der Waals surface area contributed by atoms with E-state index in [-0.39, 0.29) is 23.8 Å². The first-order valence-corrected chi connectivity index (χ1v) is 9.10. The average molecular weight is 400 g/mol. The van der Waals surface area contributed by atoms with Crippen LogP contribution in [0.15, 0.2) is 42.5 Å². The molecule has 2 aromatic carbocycles. The number of ether oxygens (including phenoxy) is 2. The fourth-order valence-electron chi connectivity index (χ4n) is 2.76. The number of rotatable bonds is 8. The van der Waals surface area contributed by atoms with E-state index in [4.69, 9.17) is 9.47 Å². The number of nitro groups is 1. The maximum atomic E-state index is 12.7. The lowest BCUT2D eigenvalue weighted by Gasteiger charge is -2.20. The van der Waals surface area contributed by atoms with Crippen molar-refractivity contribution in [3.05, 3.63) is 69.3 Å². The Morgan fingerprint density at radius 1 is 1.14 bits per heavy atom. The number of esters is 1. The zero-order valence-corrected chi connectivity index (χ0v) is 16.8. The summed E-state index contributed by atoms with van der Waals surface area (Å²) >= 11 is 0. The molecule has 2 aromatic rings. The van der Waals surface area contributed by atoms with Crippen LogP contribution in [0.1, 0.15) is 47.8 Å². The van der Waals surface area contributed by atoms with Crippen molar-refractivity contribution < 1.29 is 24.0 Å². The van der Waals surface area contributed by atoms with Crippen molar-refractivity contribution in [3.63, 3.8) is 0 Å². The fourth-order valence-corrected chi connectivity index (χ4v) is 2.76. The summed E-state index contributed by atoms with van der Waals surface area (Å²) in [6, 6.07) is 10.5. The second-order valence-corrected chi connectivity index (χ2v) is 6.80. The standard InChI is InChI=1S/C21H24N2O6/c1-13(2)29-20(24)12-18(15-7-9-17(28-4)10-8-15)22-21(25)16-6-5-14(3)19(11-16)23(26)27/h5-11,13,18H,12H2,1-4H3,(H,22,25). The van der Waals surface area contributed by atoms with E-state index >= 15 is 0 Å². The van der Waals surface area contributed by atoms with Gasteiger partial charge in [0.25, 0.3) is 11.6 Å². The third-order valence-electron chi connectivity index (χ3n) is 4.23. The maximum absolute atomic E-state index is 12.7. The molecule has 0 saturated heterocycles. The van der Waals surface area contributed by atoms with Crippen LogP contribution in [-0.2, 0) is 9.53 Å². The van der Waals surface area contributed by atoms with Gasteiger partial charge in [0, 0.05) is 17.2 Å². The molecule has 8 heteroatoms. The third kappa shape index (κ3) is 6.03. The zero-order valence-electron chi connectivity index (χ0n) is 16.8. The number of amides is 1. The molecule has 0 saturated carbocycles. The third-order valence-corrected chi connectivity index (χ3v) is 4.23. The molecule has 8 nitrogen and oxygen atoms in total. The Kier molecular flexibility index (Phi) is 7.30. The molecule has 1 unspecified atom stereocenters. The number of aryl methyl sites for hydroxylation is 1. The number of carbonyl (C=O) groups excluding carboxylic acids is 2. The smallest absolute Gasteiger partial charge is 0.308 e. The minimum Gasteiger partial charge on any atom is -0.497 e. The number of methoxy groups -OCH3 is 1. The largest absolute Gasteiger partial charge is 0.497 e. The highest BCUT2D eigenvalue weighted by Gasteiger charge is 2.22. The van der Waals surface area contributed by atoms with Crippen LogP contribution in [0.4, 0.5) is 5.69 Å². The Morgan fingerprint density at radius 3 is 2.34 bits per heavy atom. The Morgan fingerprint density at radius 2 is 1.79 bits per heavy atom. The van der Waals surface area contributed by atoms with Crippen molar-refractivity contribution in [3.8, 4) is 5.75 Å². The van der Waals surface area contributed by atoms with Gasteiger partial charge in [0.1, 0.15) is 5.75 Å². The molecule has 0 aliphatic rings. The van der Waals surface area contributed by atoms with Gasteiger partial charge in [-0.1, -0.05) is 18.2 Å². The number of benzene rings is 2. The topological polar surface area (TPSA) is 108 Å². The van der Waals surface area contributed by atoms with Crippen molar-refractivity contribution in [1.82, 2.24) is 5.32 Å². The lowest BCUT2D eigenvalue weighted by molar-refractivity contribution is -0.385. The lowest BCUT2D eigenvalue weighted by atomic mass is 10.0. The van der Waals surface area contributed by atoms with E-state index in [9.17, 15) is 19.7 Å². The van der Waals surface area contributed by atoms with Gasteiger partial charge in [0.15, 0.2) is 0 Å². The van der Waals surface area contributed by atoms with Gasteiger partial charge in [0.05, 0.1) is 30.6 Å². The number of hydrogen-bond donors (Lipinski definition) is 1. The van der Waals surface area contributed by atoms with E-state index in [0.29, 0.717) is 16.9 Å². The molecule has 0 spiro atoms. The Bertz CT molecular complexity index is 893. The molecule has 1 atom stereocenters. The molecule has 1 amide bonds. The Labute approximate surface area is 169 Å². The summed E-state index contributed by atoms with van der Waals surface area (Å²) in [4.78, 5) is 35.5. The summed E-state index contributed by atoms with van der Waals surface area (Å²) < 4.78 is 10.3. The highest BCUT2D eigenvalue weighted by molar-refractivity contribution is 5.95. The van der Waals surface area contributed by atoms with Gasteiger partial charge >= 0.3 is 5.97 Å². The molecule has 2 rings (SSSR count). The SMILES string of the molecule is COc1ccc(C(CC(=O)OC(C)C)NC(=O)c2ccc(C)c([N+](=O)[O-])c2)cc1. The monoisotopic (exact) mass is 400 g/mol. The van der Waals surface area contributed by atoms with Crippen molar-refractivity contribution in [1.29, 1.82) is 0 Å². The molecule has 0 heterocycles. The van der Waals surface area contributed by atoms with Crippen LogP contribution in [-0.4, -0.2) is 30.0 Å². The molecular formula is C21H24N2O6. The van der Waals surface area contributed by atoms with E-state index in [1.807, 2.05) is 0 Å². The fraction of sp³-hybridized carbons (Fsp3) is 0.333. The van der Waals surface area contributed by atoms with Crippen LogP contribution in [0, 0.1) is 17.0 Å². The molecule has 0 fully saturated rings. The van der Waals surface area contributed by atoms with Gasteiger partial charge in [0.2, 0.25) is 0 Å². The summed E-state index contributed by atoms with van der Waals surface area (Å²) in [5, 5.41) is 13.9. The minimum atomic E-state index is -0.667. The van der Waals surface area contributed by atoms with Gasteiger partial charge < -0.3 is 14.8 Å². The van der Waals surface area contributed by atoms with E-state index in [1.165, 1.54) is 18.2 Å². The molecule has 0 aromatic heterocycles. The summed E-state index contributed by atoms with van der Waals surface area (Å²) in [7, 11) is 1.54. The van der Waals surface area contributed by atoms with Crippen LogP contribution in [0.3, 0.4) is 0 Å². The molecule has 0 radical (unpaired) electrons. The molecule has 0 aliphatic carbocycles. The van der Waals surface area contributed by atoms with E-state index in [2.05, 4.69) is 5.32 Å². The van der Waals surface area contributed by atoms with Crippen molar-refractivity contribution in [2.75, 3.05) is 7.11 Å². The Hall–Kier alpha value is -3.42. The van der Waals surface area contributed by atoms with Crippen molar-refractivity contribution in [2.24, 2.45) is 0 Å². The number of nitrogens with zero attached hydrogens (tertiary/aromatic N) is 1. The molecule has 0 bridgehead atoms. The molecule has 154 valence electrons. The molecular weight excluding hydrogens is 376 g/mol. The van der Waals surface area contributed by atoms with Gasteiger partial charge in [-0.25, -0.2) is 0 Å². The van der Waals surface area contributed by atoms with Crippen LogP contribution in [0.5, 0.6) is 5.75 Å². The van der Waals surface area contributed by atoms with Gasteiger partial charge in [-0.3, -0.25) is 19.7 Å². The number of nitrogens with one attached hydrogen (secondary N) is 1. The first-order chi connectivity index (χ1) is 13.7. The lowest BCUT2D eigenvalue weighted by Crippen LogP contribution is -2.31. The highest BCUT2D eigenvalue weighted by atomic mass is 16.6. The van der Waals surface area contributed by atoms with Gasteiger partial charge in [-0.2, -0.15) is 0 Å². The molecule has 29 heavy (non-hydrogen) atoms. The minimum absolute atomic E-state index is 0.0792. The van der Waals surface area contributed by atoms with Gasteiger partial charge in [-0.15, -0.1) is 0 Å².